The number of hydrogen-bond donors (Lipinski definition) is 3. The van der Waals surface area contributed by atoms with E-state index in [0.717, 1.165) is 11.1 Å². The maximum atomic E-state index is 11.6. The first-order valence-corrected chi connectivity index (χ1v) is 17.1. The van der Waals surface area contributed by atoms with E-state index in [9.17, 15) is 18.9 Å². The summed E-state index contributed by atoms with van der Waals surface area (Å²) < 4.78 is 19.7. The smallest absolute Gasteiger partial charge is 0.407 e. The second-order valence-electron chi connectivity index (χ2n) is 10.2. The molecule has 14 heteroatoms. The highest BCUT2D eigenvalue weighted by Crippen LogP contribution is 2.61. The third-order valence-electron chi connectivity index (χ3n) is 6.18. The molecule has 0 aromatic heterocycles. The average Bonchev–Trinajstić information content (AvgIpc) is 2.91. The molecule has 10 nitrogen and oxygen atoms in total. The number of halogens is 3. The van der Waals surface area contributed by atoms with E-state index in [-0.39, 0.29) is 19.3 Å². The Morgan fingerprint density at radius 1 is 0.833 bits per heavy atom. The van der Waals surface area contributed by atoms with Gasteiger partial charge in [0.15, 0.2) is 0 Å². The normalized spacial score (nSPS) is 12.4. The van der Waals surface area contributed by atoms with Gasteiger partial charge in [0.2, 0.25) is 5.91 Å². The minimum atomic E-state index is -3.22. The number of alkyl carbamates (subject to hydrolysis) is 2. The number of nitrogens with zero attached hydrogens (tertiary/aromatic N) is 1. The molecule has 3 amide bonds. The number of benzene rings is 2. The molecule has 0 aliphatic rings. The number of nitrogens with one attached hydrogen (secondary N) is 2. The molecule has 0 radical (unpaired) electrons. The molecule has 232 valence electrons. The molecular formula is C28H38Cl3N4O6P. The molecule has 2 atom stereocenters. The number of ether oxygens (including phenoxy) is 2. The van der Waals surface area contributed by atoms with Gasteiger partial charge in [-0.1, -0.05) is 60.7 Å². The Labute approximate surface area is 261 Å². The van der Waals surface area contributed by atoms with Gasteiger partial charge < -0.3 is 25.8 Å². The average molecular weight is 664 g/mol. The van der Waals surface area contributed by atoms with Crippen molar-refractivity contribution in [3.8, 4) is 6.07 Å². The third kappa shape index (κ3) is 17.8. The van der Waals surface area contributed by atoms with Gasteiger partial charge in [0.05, 0.1) is 16.9 Å². The van der Waals surface area contributed by atoms with Crippen molar-refractivity contribution in [2.75, 3.05) is 0 Å². The van der Waals surface area contributed by atoms with Gasteiger partial charge in [-0.2, -0.15) is 5.26 Å². The van der Waals surface area contributed by atoms with Crippen molar-refractivity contribution in [3.63, 3.8) is 0 Å². The second-order valence-corrected chi connectivity index (χ2v) is 16.8. The molecule has 0 spiro atoms. The Balaban J connectivity index is 0.000000691. The molecule has 0 aliphatic carbocycles. The van der Waals surface area contributed by atoms with Crippen molar-refractivity contribution in [2.45, 2.75) is 66.8 Å². The number of carbonyl (C=O) groups is 3. The summed E-state index contributed by atoms with van der Waals surface area (Å²) in [5.74, 6) is -0.469. The fraction of sp³-hybridized carbons (Fsp3) is 0.429. The fourth-order valence-electron chi connectivity index (χ4n) is 2.55. The van der Waals surface area contributed by atoms with Crippen LogP contribution in [0, 0.1) is 22.2 Å². The van der Waals surface area contributed by atoms with Gasteiger partial charge in [0.25, 0.3) is 0 Å². The van der Waals surface area contributed by atoms with Gasteiger partial charge in [-0.15, -0.1) is 0 Å². The first-order chi connectivity index (χ1) is 19.3. The van der Waals surface area contributed by atoms with Crippen molar-refractivity contribution < 1.29 is 28.4 Å². The van der Waals surface area contributed by atoms with Crippen molar-refractivity contribution >= 4 is 57.0 Å². The van der Waals surface area contributed by atoms with Crippen LogP contribution in [-0.4, -0.2) is 30.2 Å². The molecule has 2 rings (SSSR count). The Morgan fingerprint density at radius 3 is 1.48 bits per heavy atom. The number of hydrogen-bond acceptors (Lipinski definition) is 7. The van der Waals surface area contributed by atoms with E-state index in [2.05, 4.69) is 50.4 Å². The van der Waals surface area contributed by atoms with Crippen LogP contribution in [0.15, 0.2) is 60.7 Å². The van der Waals surface area contributed by atoms with Crippen molar-refractivity contribution in [1.29, 1.82) is 5.26 Å². The number of primary amides is 1. The third-order valence-corrected chi connectivity index (χ3v) is 6.18. The molecule has 0 saturated carbocycles. The van der Waals surface area contributed by atoms with Gasteiger partial charge in [0, 0.05) is 12.1 Å². The van der Waals surface area contributed by atoms with Crippen LogP contribution in [0.5, 0.6) is 0 Å². The van der Waals surface area contributed by atoms with Crippen molar-refractivity contribution in [1.82, 2.24) is 10.6 Å². The predicted octanol–water partition coefficient (Wildman–Crippen LogP) is 7.47. The summed E-state index contributed by atoms with van der Waals surface area (Å²) in [5.41, 5.74) is 5.67. The summed E-state index contributed by atoms with van der Waals surface area (Å²) in [5, 5.41) is 11.0. The van der Waals surface area contributed by atoms with Crippen LogP contribution in [0.3, 0.4) is 0 Å². The second kappa shape index (κ2) is 18.6. The number of carbonyl (C=O) groups excluding carboxylic acids is 3. The van der Waals surface area contributed by atoms with Gasteiger partial charge in [-0.3, -0.25) is 9.36 Å². The molecule has 42 heavy (non-hydrogen) atoms. The summed E-state index contributed by atoms with van der Waals surface area (Å²) in [7, 11) is 0. The Hall–Kier alpha value is -2.96. The molecule has 2 aromatic carbocycles. The first-order valence-electron chi connectivity index (χ1n) is 12.6. The molecule has 0 heterocycles. The fourth-order valence-corrected chi connectivity index (χ4v) is 2.55. The lowest BCUT2D eigenvalue weighted by atomic mass is 9.85. The minimum Gasteiger partial charge on any atom is -0.445 e. The zero-order chi connectivity index (χ0) is 32.6. The summed E-state index contributed by atoms with van der Waals surface area (Å²) in [6.45, 7) is 10.8. The van der Waals surface area contributed by atoms with E-state index in [1.807, 2.05) is 60.7 Å². The highest BCUT2D eigenvalue weighted by molar-refractivity contribution is 8.24. The quantitative estimate of drug-likeness (QED) is 0.234. The van der Waals surface area contributed by atoms with Crippen LogP contribution >= 0.6 is 38.9 Å². The first kappa shape index (κ1) is 39.0. The molecule has 4 N–H and O–H groups in total. The summed E-state index contributed by atoms with van der Waals surface area (Å²) >= 11 is 13.8. The monoisotopic (exact) mass is 662 g/mol. The number of rotatable bonds is 9. The van der Waals surface area contributed by atoms with Gasteiger partial charge in [-0.25, -0.2) is 9.59 Å². The predicted molar refractivity (Wildman–Crippen MR) is 166 cm³/mol. The minimum absolute atomic E-state index is 0.191. The van der Waals surface area contributed by atoms with Crippen LogP contribution in [0.1, 0.15) is 52.7 Å². The van der Waals surface area contributed by atoms with Crippen molar-refractivity contribution in [2.24, 2.45) is 16.6 Å². The molecule has 0 fully saturated rings. The van der Waals surface area contributed by atoms with E-state index >= 15 is 0 Å². The largest absolute Gasteiger partial charge is 0.445 e. The SMILES string of the molecule is C[C@@H](NC(=O)OCc1ccccc1)C(C)(C)C#N.C[C@@H](NC(=O)OCc1ccccc1)C(C)(C)C(N)=O.O=P(Cl)(Cl)Cl. The van der Waals surface area contributed by atoms with Crippen LogP contribution in [0.2, 0.25) is 0 Å². The Bertz CT molecular complexity index is 1210. The highest BCUT2D eigenvalue weighted by atomic mass is 36.0. The lowest BCUT2D eigenvalue weighted by molar-refractivity contribution is -0.127. The summed E-state index contributed by atoms with van der Waals surface area (Å²) in [6, 6.07) is 20.3. The highest BCUT2D eigenvalue weighted by Gasteiger charge is 2.33. The van der Waals surface area contributed by atoms with Gasteiger partial charge in [-0.05, 0) is 86.4 Å². The molecule has 0 aliphatic heterocycles. The summed E-state index contributed by atoms with van der Waals surface area (Å²) in [6.07, 6.45) is -1.07. The standard InChI is InChI=1S/C14H20N2O3.C14H18N2O2.Cl3OP/c1-10(14(2,3)12(15)17)16-13(18)19-9-11-7-5-4-6-8-11;1-11(14(2,3)10-15)16-13(17)18-9-12-7-5-4-6-8-12;1-5(2,3)4/h4-8,10H,9H2,1-3H3,(H2,15,17)(H,16,18);4-8,11H,9H2,1-3H3,(H,16,17);/t10-;11-;/m11./s1. The molecule has 0 bridgehead atoms. The zero-order valence-corrected chi connectivity index (χ0v) is 27.6. The molecule has 0 unspecified atom stereocenters. The van der Waals surface area contributed by atoms with E-state index < -0.39 is 40.2 Å². The van der Waals surface area contributed by atoms with E-state index in [4.69, 9.17) is 20.5 Å². The van der Waals surface area contributed by atoms with Crippen LogP contribution in [0.4, 0.5) is 9.59 Å². The molecular weight excluding hydrogens is 626 g/mol. The van der Waals surface area contributed by atoms with Crippen molar-refractivity contribution in [3.05, 3.63) is 71.8 Å². The van der Waals surface area contributed by atoms with Crippen LogP contribution < -0.4 is 16.4 Å². The molecule has 0 saturated heterocycles. The van der Waals surface area contributed by atoms with Crippen LogP contribution in [-0.2, 0) is 32.0 Å². The number of amides is 3. The topological polar surface area (TPSA) is 161 Å². The molecule has 2 aromatic rings. The summed E-state index contributed by atoms with van der Waals surface area (Å²) in [4.78, 5) is 34.4. The maximum Gasteiger partial charge on any atom is 0.407 e. The lowest BCUT2D eigenvalue weighted by Gasteiger charge is -2.28. The number of nitrogens with two attached hydrogens (primary N) is 1. The maximum absolute atomic E-state index is 11.6. The Kier molecular flexibility index (Phi) is 17.2. The van der Waals surface area contributed by atoms with Gasteiger partial charge >= 0.3 is 17.4 Å². The lowest BCUT2D eigenvalue weighted by Crippen LogP contribution is -2.49. The zero-order valence-electron chi connectivity index (χ0n) is 24.4. The number of nitriles is 1. The van der Waals surface area contributed by atoms with E-state index in [1.54, 1.807) is 41.5 Å². The van der Waals surface area contributed by atoms with E-state index in [1.165, 1.54) is 0 Å². The van der Waals surface area contributed by atoms with Gasteiger partial charge in [0.1, 0.15) is 13.2 Å². The van der Waals surface area contributed by atoms with Crippen LogP contribution in [0.25, 0.3) is 0 Å². The van der Waals surface area contributed by atoms with E-state index in [0.29, 0.717) is 0 Å². The Morgan fingerprint density at radius 2 is 1.17 bits per heavy atom.